The van der Waals surface area contributed by atoms with E-state index in [1.54, 1.807) is 26.4 Å². The SMILES string of the molecule is COc1cc2c(cc1OC)C(Oc1cccc(F)c1)CNCC2.O=C(O)C=CC(=O)O. The van der Waals surface area contributed by atoms with Crippen LogP contribution < -0.4 is 19.5 Å². The molecule has 1 unspecified atom stereocenters. The molecular formula is C22H24FNO7. The number of aliphatic carboxylic acids is 2. The number of methoxy groups -OCH3 is 2. The van der Waals surface area contributed by atoms with Crippen LogP contribution >= 0.6 is 0 Å². The maximum atomic E-state index is 13.4. The second kappa shape index (κ2) is 11.6. The number of carboxylic acids is 2. The predicted molar refractivity (Wildman–Crippen MR) is 110 cm³/mol. The minimum Gasteiger partial charge on any atom is -0.493 e. The Balaban J connectivity index is 0.000000366. The van der Waals surface area contributed by atoms with E-state index >= 15 is 0 Å². The Morgan fingerprint density at radius 2 is 1.71 bits per heavy atom. The zero-order valence-electron chi connectivity index (χ0n) is 17.1. The minimum atomic E-state index is -1.26. The van der Waals surface area contributed by atoms with Crippen molar-refractivity contribution in [3.8, 4) is 17.2 Å². The van der Waals surface area contributed by atoms with E-state index < -0.39 is 11.9 Å². The zero-order chi connectivity index (χ0) is 22.8. The number of hydrogen-bond donors (Lipinski definition) is 3. The average molecular weight is 433 g/mol. The average Bonchev–Trinajstić information content (AvgIpc) is 2.93. The molecule has 0 bridgehead atoms. The molecule has 0 aliphatic carbocycles. The Bertz CT molecular complexity index is 929. The van der Waals surface area contributed by atoms with Crippen LogP contribution in [-0.4, -0.2) is 49.5 Å². The number of carbonyl (C=O) groups is 2. The molecular weight excluding hydrogens is 409 g/mol. The summed E-state index contributed by atoms with van der Waals surface area (Å²) in [7, 11) is 3.24. The van der Waals surface area contributed by atoms with Crippen LogP contribution in [0.4, 0.5) is 4.39 Å². The van der Waals surface area contributed by atoms with Crippen molar-refractivity contribution in [1.29, 1.82) is 0 Å². The van der Waals surface area contributed by atoms with Gasteiger partial charge in [0.05, 0.1) is 14.2 Å². The van der Waals surface area contributed by atoms with Crippen molar-refractivity contribution in [1.82, 2.24) is 5.32 Å². The molecule has 0 saturated carbocycles. The summed E-state index contributed by atoms with van der Waals surface area (Å²) >= 11 is 0. The monoisotopic (exact) mass is 433 g/mol. The van der Waals surface area contributed by atoms with Crippen LogP contribution in [0.25, 0.3) is 0 Å². The molecule has 1 aliphatic heterocycles. The Hall–Kier alpha value is -3.59. The van der Waals surface area contributed by atoms with Crippen LogP contribution in [-0.2, 0) is 16.0 Å². The Kier molecular flexibility index (Phi) is 8.83. The van der Waals surface area contributed by atoms with Gasteiger partial charge >= 0.3 is 11.9 Å². The summed E-state index contributed by atoms with van der Waals surface area (Å²) in [6.07, 6.45) is 1.78. The van der Waals surface area contributed by atoms with Gasteiger partial charge in [-0.25, -0.2) is 14.0 Å². The van der Waals surface area contributed by atoms with Crippen molar-refractivity contribution in [3.63, 3.8) is 0 Å². The summed E-state index contributed by atoms with van der Waals surface area (Å²) in [4.78, 5) is 19.1. The fourth-order valence-electron chi connectivity index (χ4n) is 2.97. The van der Waals surface area contributed by atoms with Crippen LogP contribution in [0.15, 0.2) is 48.6 Å². The molecule has 1 aliphatic rings. The molecule has 0 saturated heterocycles. The van der Waals surface area contributed by atoms with E-state index in [0.717, 1.165) is 24.1 Å². The van der Waals surface area contributed by atoms with Gasteiger partial charge in [-0.05, 0) is 42.8 Å². The van der Waals surface area contributed by atoms with Crippen LogP contribution in [0.3, 0.4) is 0 Å². The first kappa shape index (κ1) is 23.7. The number of halogens is 1. The zero-order valence-corrected chi connectivity index (χ0v) is 17.1. The van der Waals surface area contributed by atoms with Crippen molar-refractivity contribution in [2.45, 2.75) is 12.5 Å². The number of ether oxygens (including phenoxy) is 3. The Labute approximate surface area is 178 Å². The van der Waals surface area contributed by atoms with E-state index in [0.29, 0.717) is 35.9 Å². The Morgan fingerprint density at radius 3 is 2.29 bits per heavy atom. The molecule has 9 heteroatoms. The molecule has 0 radical (unpaired) electrons. The summed E-state index contributed by atoms with van der Waals surface area (Å²) < 4.78 is 30.2. The molecule has 1 atom stereocenters. The maximum Gasteiger partial charge on any atom is 0.328 e. The number of benzene rings is 2. The van der Waals surface area contributed by atoms with E-state index in [1.807, 2.05) is 12.1 Å². The lowest BCUT2D eigenvalue weighted by molar-refractivity contribution is -0.134. The molecule has 0 aromatic heterocycles. The first-order chi connectivity index (χ1) is 14.8. The number of carboxylic acid groups (broad SMARTS) is 2. The predicted octanol–water partition coefficient (Wildman–Crippen LogP) is 2.82. The van der Waals surface area contributed by atoms with E-state index in [-0.39, 0.29) is 11.9 Å². The molecule has 2 aromatic rings. The van der Waals surface area contributed by atoms with Gasteiger partial charge in [-0.1, -0.05) is 6.07 Å². The summed E-state index contributed by atoms with van der Waals surface area (Å²) in [5.74, 6) is -0.936. The largest absolute Gasteiger partial charge is 0.493 e. The molecule has 166 valence electrons. The summed E-state index contributed by atoms with van der Waals surface area (Å²) in [5, 5.41) is 19.0. The lowest BCUT2D eigenvalue weighted by Gasteiger charge is -2.21. The van der Waals surface area contributed by atoms with Crippen molar-refractivity contribution in [3.05, 3.63) is 65.5 Å². The fraction of sp³-hybridized carbons (Fsp3) is 0.273. The highest BCUT2D eigenvalue weighted by Gasteiger charge is 2.23. The standard InChI is InChI=1S/C18H20FNO3.C4H4O4/c1-21-16-8-12-6-7-20-11-18(15(12)10-17(16)22-2)23-14-5-3-4-13(19)9-14;5-3(6)1-2-4(7)8/h3-5,8-10,18,20H,6-7,11H2,1-2H3;1-2H,(H,5,6)(H,7,8). The van der Waals surface area contributed by atoms with Gasteiger partial charge < -0.3 is 29.7 Å². The highest BCUT2D eigenvalue weighted by atomic mass is 19.1. The molecule has 1 heterocycles. The highest BCUT2D eigenvalue weighted by molar-refractivity contribution is 5.89. The molecule has 0 fully saturated rings. The van der Waals surface area contributed by atoms with Gasteiger partial charge in [-0.2, -0.15) is 0 Å². The normalized spacial score (nSPS) is 15.1. The third kappa shape index (κ3) is 7.31. The van der Waals surface area contributed by atoms with E-state index in [1.165, 1.54) is 12.1 Å². The molecule has 31 heavy (non-hydrogen) atoms. The van der Waals surface area contributed by atoms with Gasteiger partial charge in [-0.3, -0.25) is 0 Å². The topological polar surface area (TPSA) is 114 Å². The Morgan fingerprint density at radius 1 is 1.06 bits per heavy atom. The number of rotatable bonds is 6. The summed E-state index contributed by atoms with van der Waals surface area (Å²) in [6, 6.07) is 10.1. The highest BCUT2D eigenvalue weighted by Crippen LogP contribution is 2.36. The fourth-order valence-corrected chi connectivity index (χ4v) is 2.97. The van der Waals surface area contributed by atoms with Crippen LogP contribution in [0, 0.1) is 5.82 Å². The van der Waals surface area contributed by atoms with Gasteiger partial charge in [0.1, 0.15) is 17.7 Å². The second-order valence-corrected chi connectivity index (χ2v) is 6.43. The maximum absolute atomic E-state index is 13.4. The van der Waals surface area contributed by atoms with Crippen molar-refractivity contribution in [2.24, 2.45) is 0 Å². The van der Waals surface area contributed by atoms with Gasteiger partial charge in [-0.15, -0.1) is 0 Å². The quantitative estimate of drug-likeness (QED) is 0.596. The lowest BCUT2D eigenvalue weighted by atomic mass is 10.00. The van der Waals surface area contributed by atoms with Crippen molar-refractivity contribution >= 4 is 11.9 Å². The van der Waals surface area contributed by atoms with Crippen LogP contribution in [0.1, 0.15) is 17.2 Å². The molecule has 0 amide bonds. The van der Waals surface area contributed by atoms with Gasteiger partial charge in [0.25, 0.3) is 0 Å². The molecule has 8 nitrogen and oxygen atoms in total. The van der Waals surface area contributed by atoms with Gasteiger partial charge in [0.15, 0.2) is 11.5 Å². The van der Waals surface area contributed by atoms with E-state index in [2.05, 4.69) is 5.32 Å². The minimum absolute atomic E-state index is 0.214. The van der Waals surface area contributed by atoms with E-state index in [9.17, 15) is 14.0 Å². The first-order valence-electron chi connectivity index (χ1n) is 9.35. The first-order valence-corrected chi connectivity index (χ1v) is 9.35. The second-order valence-electron chi connectivity index (χ2n) is 6.43. The number of nitrogens with one attached hydrogen (secondary N) is 1. The van der Waals surface area contributed by atoms with Gasteiger partial charge in [0, 0.05) is 30.3 Å². The number of fused-ring (bicyclic) bond motifs is 1. The third-order valence-corrected chi connectivity index (χ3v) is 4.34. The summed E-state index contributed by atoms with van der Waals surface area (Å²) in [6.45, 7) is 1.50. The van der Waals surface area contributed by atoms with E-state index in [4.69, 9.17) is 24.4 Å². The third-order valence-electron chi connectivity index (χ3n) is 4.34. The lowest BCUT2D eigenvalue weighted by Crippen LogP contribution is -2.23. The molecule has 0 spiro atoms. The van der Waals surface area contributed by atoms with Gasteiger partial charge in [0.2, 0.25) is 0 Å². The van der Waals surface area contributed by atoms with Crippen LogP contribution in [0.5, 0.6) is 17.2 Å². The molecule has 3 rings (SSSR count). The summed E-state index contributed by atoms with van der Waals surface area (Å²) in [5.41, 5.74) is 2.19. The van der Waals surface area contributed by atoms with Crippen LogP contribution in [0.2, 0.25) is 0 Å². The van der Waals surface area contributed by atoms with Crippen molar-refractivity contribution in [2.75, 3.05) is 27.3 Å². The number of hydrogen-bond acceptors (Lipinski definition) is 6. The smallest absolute Gasteiger partial charge is 0.328 e. The van der Waals surface area contributed by atoms with Crippen molar-refractivity contribution < 1.29 is 38.4 Å². The molecule has 3 N–H and O–H groups in total. The molecule has 2 aromatic carbocycles.